The first-order chi connectivity index (χ1) is 12.1. The van der Waals surface area contributed by atoms with E-state index in [0.717, 1.165) is 24.1 Å². The molecule has 0 saturated heterocycles. The minimum Gasteiger partial charge on any atom is -0.452 e. The molecule has 1 heterocycles. The number of rotatable bonds is 4. The van der Waals surface area contributed by atoms with Crippen LogP contribution in [0, 0.1) is 0 Å². The summed E-state index contributed by atoms with van der Waals surface area (Å²) in [5.74, 6) is -0.703. The SMILES string of the molecule is CNc1ccccc1C(=O)OCC(=O)N1c2ccccc2CC[C@@H]1C. The first kappa shape index (κ1) is 17.0. The second-order valence-corrected chi connectivity index (χ2v) is 6.15. The highest BCUT2D eigenvalue weighted by Crippen LogP contribution is 2.30. The molecule has 2 aromatic carbocycles. The van der Waals surface area contributed by atoms with Gasteiger partial charge in [-0.3, -0.25) is 4.79 Å². The van der Waals surface area contributed by atoms with Gasteiger partial charge in [-0.15, -0.1) is 0 Å². The highest BCUT2D eigenvalue weighted by Gasteiger charge is 2.28. The fourth-order valence-electron chi connectivity index (χ4n) is 3.22. The minimum absolute atomic E-state index is 0.0886. The summed E-state index contributed by atoms with van der Waals surface area (Å²) >= 11 is 0. The van der Waals surface area contributed by atoms with Crippen LogP contribution in [-0.2, 0) is 16.0 Å². The third-order valence-electron chi connectivity index (χ3n) is 4.54. The number of fused-ring (bicyclic) bond motifs is 1. The molecule has 5 heteroatoms. The number of nitrogens with zero attached hydrogens (tertiary/aromatic N) is 1. The lowest BCUT2D eigenvalue weighted by atomic mass is 9.96. The Labute approximate surface area is 147 Å². The molecule has 1 aliphatic rings. The summed E-state index contributed by atoms with van der Waals surface area (Å²) in [7, 11) is 1.74. The van der Waals surface area contributed by atoms with Crippen LogP contribution in [0.2, 0.25) is 0 Å². The van der Waals surface area contributed by atoms with Gasteiger partial charge >= 0.3 is 5.97 Å². The fraction of sp³-hybridized carbons (Fsp3) is 0.300. The Kier molecular flexibility index (Phi) is 5.03. The molecule has 0 fully saturated rings. The molecule has 0 saturated carbocycles. The van der Waals surface area contributed by atoms with Gasteiger partial charge in [0, 0.05) is 24.5 Å². The van der Waals surface area contributed by atoms with Crippen molar-refractivity contribution >= 4 is 23.3 Å². The van der Waals surface area contributed by atoms with Gasteiger partial charge in [-0.25, -0.2) is 4.79 Å². The van der Waals surface area contributed by atoms with Gasteiger partial charge in [-0.2, -0.15) is 0 Å². The van der Waals surface area contributed by atoms with Crippen molar-refractivity contribution in [3.63, 3.8) is 0 Å². The highest BCUT2D eigenvalue weighted by molar-refractivity contribution is 6.00. The molecular weight excluding hydrogens is 316 g/mol. The molecule has 0 bridgehead atoms. The van der Waals surface area contributed by atoms with E-state index in [4.69, 9.17) is 4.74 Å². The number of ether oxygens (including phenoxy) is 1. The van der Waals surface area contributed by atoms with Gasteiger partial charge in [0.15, 0.2) is 6.61 Å². The molecule has 1 aliphatic heterocycles. The number of aryl methyl sites for hydroxylation is 1. The normalized spacial score (nSPS) is 16.1. The largest absolute Gasteiger partial charge is 0.452 e. The summed E-state index contributed by atoms with van der Waals surface area (Å²) in [4.78, 5) is 26.7. The third-order valence-corrected chi connectivity index (χ3v) is 4.54. The van der Waals surface area contributed by atoms with Crippen LogP contribution in [0.5, 0.6) is 0 Å². The molecule has 130 valence electrons. The molecule has 1 atom stereocenters. The predicted molar refractivity (Wildman–Crippen MR) is 98.0 cm³/mol. The Balaban J connectivity index is 1.72. The van der Waals surface area contributed by atoms with E-state index in [1.807, 2.05) is 37.3 Å². The monoisotopic (exact) mass is 338 g/mol. The van der Waals surface area contributed by atoms with Crippen LogP contribution in [0.15, 0.2) is 48.5 Å². The number of hydrogen-bond donors (Lipinski definition) is 1. The van der Waals surface area contributed by atoms with Crippen LogP contribution < -0.4 is 10.2 Å². The van der Waals surface area contributed by atoms with Crippen molar-refractivity contribution in [3.8, 4) is 0 Å². The number of amides is 1. The molecule has 2 aromatic rings. The zero-order valence-corrected chi connectivity index (χ0v) is 14.5. The second-order valence-electron chi connectivity index (χ2n) is 6.15. The Morgan fingerprint density at radius 1 is 1.16 bits per heavy atom. The standard InChI is InChI=1S/C20H22N2O3/c1-14-11-12-15-7-3-6-10-18(15)22(14)19(23)13-25-20(24)16-8-4-5-9-17(16)21-2/h3-10,14,21H,11-13H2,1-2H3/t14-/m0/s1. The third kappa shape index (κ3) is 3.50. The number of para-hydroxylation sites is 2. The average Bonchev–Trinajstić information content (AvgIpc) is 2.65. The Morgan fingerprint density at radius 2 is 1.88 bits per heavy atom. The van der Waals surface area contributed by atoms with Crippen molar-refractivity contribution in [1.82, 2.24) is 0 Å². The Morgan fingerprint density at radius 3 is 2.68 bits per heavy atom. The first-order valence-electron chi connectivity index (χ1n) is 8.45. The number of esters is 1. The smallest absolute Gasteiger partial charge is 0.340 e. The van der Waals surface area contributed by atoms with Gasteiger partial charge in [-0.05, 0) is 43.5 Å². The van der Waals surface area contributed by atoms with Gasteiger partial charge in [0.1, 0.15) is 0 Å². The lowest BCUT2D eigenvalue weighted by molar-refractivity contribution is -0.122. The van der Waals surface area contributed by atoms with Crippen molar-refractivity contribution in [1.29, 1.82) is 0 Å². The maximum Gasteiger partial charge on any atom is 0.340 e. The van der Waals surface area contributed by atoms with E-state index in [1.165, 1.54) is 0 Å². The van der Waals surface area contributed by atoms with Crippen molar-refractivity contribution in [3.05, 3.63) is 59.7 Å². The van der Waals surface area contributed by atoms with E-state index >= 15 is 0 Å². The second kappa shape index (κ2) is 7.38. The summed E-state index contributed by atoms with van der Waals surface area (Å²) in [6, 6.07) is 15.0. The molecule has 1 N–H and O–H groups in total. The number of anilines is 2. The van der Waals surface area contributed by atoms with Crippen LogP contribution in [-0.4, -0.2) is 31.6 Å². The van der Waals surface area contributed by atoms with Gasteiger partial charge in [0.2, 0.25) is 0 Å². The maximum absolute atomic E-state index is 12.7. The van der Waals surface area contributed by atoms with Crippen molar-refractivity contribution in [2.45, 2.75) is 25.8 Å². The van der Waals surface area contributed by atoms with Crippen LogP contribution in [0.1, 0.15) is 29.3 Å². The molecule has 0 aromatic heterocycles. The van der Waals surface area contributed by atoms with Gasteiger partial charge in [0.25, 0.3) is 5.91 Å². The number of carbonyl (C=O) groups is 2. The van der Waals surface area contributed by atoms with E-state index in [9.17, 15) is 9.59 Å². The number of hydrogen-bond acceptors (Lipinski definition) is 4. The lowest BCUT2D eigenvalue weighted by Gasteiger charge is -2.35. The van der Waals surface area contributed by atoms with E-state index in [2.05, 4.69) is 5.32 Å². The fourth-order valence-corrected chi connectivity index (χ4v) is 3.22. The Hall–Kier alpha value is -2.82. The minimum atomic E-state index is -0.503. The molecule has 0 spiro atoms. The van der Waals surface area contributed by atoms with Gasteiger partial charge < -0.3 is 15.0 Å². The topological polar surface area (TPSA) is 58.6 Å². The summed E-state index contributed by atoms with van der Waals surface area (Å²) < 4.78 is 5.28. The van der Waals surface area contributed by atoms with Crippen LogP contribution in [0.25, 0.3) is 0 Å². The molecule has 3 rings (SSSR count). The molecule has 1 amide bonds. The van der Waals surface area contributed by atoms with Crippen LogP contribution in [0.3, 0.4) is 0 Å². The quantitative estimate of drug-likeness (QED) is 0.870. The summed E-state index contributed by atoms with van der Waals surface area (Å²) in [6.45, 7) is 1.75. The predicted octanol–water partition coefficient (Wildman–Crippen LogP) is 3.25. The van der Waals surface area contributed by atoms with Crippen molar-refractivity contribution in [2.75, 3.05) is 23.9 Å². The molecule has 5 nitrogen and oxygen atoms in total. The molecular formula is C20H22N2O3. The van der Waals surface area contributed by atoms with Crippen molar-refractivity contribution in [2.24, 2.45) is 0 Å². The zero-order chi connectivity index (χ0) is 17.8. The number of nitrogens with one attached hydrogen (secondary N) is 1. The van der Waals surface area contributed by atoms with E-state index in [0.29, 0.717) is 11.3 Å². The highest BCUT2D eigenvalue weighted by atomic mass is 16.5. The zero-order valence-electron chi connectivity index (χ0n) is 14.5. The van der Waals surface area contributed by atoms with Gasteiger partial charge in [0.05, 0.1) is 5.56 Å². The first-order valence-corrected chi connectivity index (χ1v) is 8.45. The number of benzene rings is 2. The van der Waals surface area contributed by atoms with Crippen LogP contribution in [0.4, 0.5) is 11.4 Å². The average molecular weight is 338 g/mol. The summed E-state index contributed by atoms with van der Waals surface area (Å²) in [5, 5.41) is 2.95. The lowest BCUT2D eigenvalue weighted by Crippen LogP contribution is -2.44. The summed E-state index contributed by atoms with van der Waals surface area (Å²) in [5.41, 5.74) is 3.17. The van der Waals surface area contributed by atoms with Gasteiger partial charge in [-0.1, -0.05) is 30.3 Å². The van der Waals surface area contributed by atoms with E-state index < -0.39 is 5.97 Å². The number of carbonyl (C=O) groups excluding carboxylic acids is 2. The maximum atomic E-state index is 12.7. The van der Waals surface area contributed by atoms with E-state index in [1.54, 1.807) is 30.1 Å². The molecule has 25 heavy (non-hydrogen) atoms. The molecule has 0 aliphatic carbocycles. The molecule has 0 unspecified atom stereocenters. The van der Waals surface area contributed by atoms with Crippen molar-refractivity contribution < 1.29 is 14.3 Å². The Bertz CT molecular complexity index is 788. The summed E-state index contributed by atoms with van der Waals surface area (Å²) in [6.07, 6.45) is 1.86. The van der Waals surface area contributed by atoms with Crippen LogP contribution >= 0.6 is 0 Å². The molecule has 0 radical (unpaired) electrons. The van der Waals surface area contributed by atoms with E-state index in [-0.39, 0.29) is 18.6 Å².